The molecule has 0 saturated heterocycles. The van der Waals surface area contributed by atoms with Crippen LogP contribution in [-0.2, 0) is 6.54 Å². The maximum absolute atomic E-state index is 5.84. The van der Waals surface area contributed by atoms with Crippen molar-refractivity contribution in [2.45, 2.75) is 6.54 Å². The summed E-state index contributed by atoms with van der Waals surface area (Å²) < 4.78 is 12.3. The molecule has 0 radical (unpaired) electrons. The van der Waals surface area contributed by atoms with Gasteiger partial charge < -0.3 is 14.0 Å². The molecular weight excluding hydrogens is 292 g/mol. The van der Waals surface area contributed by atoms with Gasteiger partial charge in [-0.3, -0.25) is 0 Å². The largest absolute Gasteiger partial charge is 0.497 e. The zero-order valence-electron chi connectivity index (χ0n) is 11.6. The van der Waals surface area contributed by atoms with E-state index < -0.39 is 0 Å². The van der Waals surface area contributed by atoms with E-state index in [1.807, 2.05) is 28.8 Å². The molecule has 0 fully saturated rings. The van der Waals surface area contributed by atoms with Gasteiger partial charge in [0, 0.05) is 6.54 Å². The van der Waals surface area contributed by atoms with Crippen molar-refractivity contribution in [3.05, 3.63) is 41.4 Å². The third-order valence-corrected chi connectivity index (χ3v) is 3.29. The molecule has 6 nitrogen and oxygen atoms in total. The smallest absolute Gasteiger partial charge is 0.244 e. The fourth-order valence-electron chi connectivity index (χ4n) is 2.11. The number of imidazole rings is 1. The molecule has 2 aromatic heterocycles. The van der Waals surface area contributed by atoms with Gasteiger partial charge in [-0.25, -0.2) is 4.98 Å². The number of fused-ring (bicyclic) bond motifs is 1. The van der Waals surface area contributed by atoms with E-state index in [4.69, 9.17) is 21.1 Å². The van der Waals surface area contributed by atoms with E-state index in [-0.39, 0.29) is 5.28 Å². The molecule has 3 rings (SSSR count). The van der Waals surface area contributed by atoms with Crippen molar-refractivity contribution in [3.63, 3.8) is 0 Å². The minimum atomic E-state index is 0.119. The van der Waals surface area contributed by atoms with E-state index in [0.29, 0.717) is 18.1 Å². The molecule has 0 atom stereocenters. The van der Waals surface area contributed by atoms with Gasteiger partial charge in [0.25, 0.3) is 0 Å². The summed E-state index contributed by atoms with van der Waals surface area (Å²) in [6, 6.07) is 7.82. The standard InChI is InChI=1S/C14H13ClN4O2/c1-20-10-5-3-9(4-6-10)7-19-8-16-12-11(19)13(21-2)18-14(15)17-12/h3-6,8H,7H2,1-2H3. The lowest BCUT2D eigenvalue weighted by Crippen LogP contribution is -2.01. The molecule has 1 aromatic carbocycles. The van der Waals surface area contributed by atoms with Gasteiger partial charge in [-0.05, 0) is 29.3 Å². The summed E-state index contributed by atoms with van der Waals surface area (Å²) in [5.74, 6) is 1.23. The Kier molecular flexibility index (Phi) is 3.62. The molecule has 0 unspecified atom stereocenters. The van der Waals surface area contributed by atoms with Gasteiger partial charge in [0.05, 0.1) is 20.5 Å². The van der Waals surface area contributed by atoms with Crippen LogP contribution in [0.15, 0.2) is 30.6 Å². The Morgan fingerprint density at radius 3 is 2.52 bits per heavy atom. The summed E-state index contributed by atoms with van der Waals surface area (Å²) in [6.07, 6.45) is 1.70. The lowest BCUT2D eigenvalue weighted by atomic mass is 10.2. The summed E-state index contributed by atoms with van der Waals surface area (Å²) in [5, 5.41) is 0.119. The zero-order chi connectivity index (χ0) is 14.8. The first-order valence-electron chi connectivity index (χ1n) is 6.26. The van der Waals surface area contributed by atoms with Gasteiger partial charge >= 0.3 is 0 Å². The van der Waals surface area contributed by atoms with Crippen molar-refractivity contribution in [3.8, 4) is 11.6 Å². The molecule has 0 bridgehead atoms. The minimum Gasteiger partial charge on any atom is -0.497 e. The summed E-state index contributed by atoms with van der Waals surface area (Å²) >= 11 is 5.84. The third kappa shape index (κ3) is 2.62. The normalized spacial score (nSPS) is 10.8. The van der Waals surface area contributed by atoms with Crippen LogP contribution in [-0.4, -0.2) is 33.7 Å². The number of rotatable bonds is 4. The lowest BCUT2D eigenvalue weighted by molar-refractivity contribution is 0.400. The van der Waals surface area contributed by atoms with Crippen LogP contribution in [0.2, 0.25) is 5.28 Å². The molecule has 0 aliphatic rings. The Hall–Kier alpha value is -2.34. The Bertz CT molecular complexity index is 770. The Balaban J connectivity index is 2.00. The molecule has 0 aliphatic heterocycles. The SMILES string of the molecule is COc1ccc(Cn2cnc3nc(Cl)nc(OC)c32)cc1. The number of hydrogen-bond donors (Lipinski definition) is 0. The van der Waals surface area contributed by atoms with E-state index in [2.05, 4.69) is 15.0 Å². The van der Waals surface area contributed by atoms with Gasteiger partial charge in [0.1, 0.15) is 5.75 Å². The number of aromatic nitrogens is 4. The first-order chi connectivity index (χ1) is 10.2. The fourth-order valence-corrected chi connectivity index (χ4v) is 2.27. The van der Waals surface area contributed by atoms with Crippen molar-refractivity contribution in [2.75, 3.05) is 14.2 Å². The van der Waals surface area contributed by atoms with Crippen LogP contribution in [0.25, 0.3) is 11.2 Å². The van der Waals surface area contributed by atoms with Crippen LogP contribution >= 0.6 is 11.6 Å². The average Bonchev–Trinajstić information content (AvgIpc) is 2.90. The topological polar surface area (TPSA) is 62.1 Å². The summed E-state index contributed by atoms with van der Waals surface area (Å²) in [6.45, 7) is 0.627. The van der Waals surface area contributed by atoms with Crippen molar-refractivity contribution < 1.29 is 9.47 Å². The molecule has 3 aromatic rings. The second-order valence-corrected chi connectivity index (χ2v) is 4.73. The maximum Gasteiger partial charge on any atom is 0.244 e. The quantitative estimate of drug-likeness (QED) is 0.693. The second-order valence-electron chi connectivity index (χ2n) is 4.39. The van der Waals surface area contributed by atoms with Crippen molar-refractivity contribution in [1.29, 1.82) is 0 Å². The number of methoxy groups -OCH3 is 2. The molecule has 108 valence electrons. The summed E-state index contributed by atoms with van der Waals surface area (Å²) in [7, 11) is 3.19. The molecule has 21 heavy (non-hydrogen) atoms. The Morgan fingerprint density at radius 1 is 1.10 bits per heavy atom. The fraction of sp³-hybridized carbons (Fsp3) is 0.214. The molecular formula is C14H13ClN4O2. The van der Waals surface area contributed by atoms with Crippen LogP contribution in [0.5, 0.6) is 11.6 Å². The van der Waals surface area contributed by atoms with E-state index in [0.717, 1.165) is 16.8 Å². The van der Waals surface area contributed by atoms with Crippen molar-refractivity contribution in [1.82, 2.24) is 19.5 Å². The van der Waals surface area contributed by atoms with E-state index in [9.17, 15) is 0 Å². The minimum absolute atomic E-state index is 0.119. The van der Waals surface area contributed by atoms with Gasteiger partial charge in [-0.15, -0.1) is 0 Å². The predicted molar refractivity (Wildman–Crippen MR) is 79.0 cm³/mol. The lowest BCUT2D eigenvalue weighted by Gasteiger charge is -2.08. The molecule has 0 amide bonds. The van der Waals surface area contributed by atoms with Crippen LogP contribution in [0.3, 0.4) is 0 Å². The Morgan fingerprint density at radius 2 is 1.86 bits per heavy atom. The number of hydrogen-bond acceptors (Lipinski definition) is 5. The molecule has 0 saturated carbocycles. The molecule has 7 heteroatoms. The van der Waals surface area contributed by atoms with Gasteiger partial charge in [-0.2, -0.15) is 9.97 Å². The first-order valence-corrected chi connectivity index (χ1v) is 6.64. The number of benzene rings is 1. The van der Waals surface area contributed by atoms with Gasteiger partial charge in [0.15, 0.2) is 11.2 Å². The van der Waals surface area contributed by atoms with Crippen LogP contribution < -0.4 is 9.47 Å². The predicted octanol–water partition coefficient (Wildman–Crippen LogP) is 2.55. The van der Waals surface area contributed by atoms with Crippen LogP contribution in [0.1, 0.15) is 5.56 Å². The average molecular weight is 305 g/mol. The molecule has 0 aliphatic carbocycles. The summed E-state index contributed by atoms with van der Waals surface area (Å²) in [4.78, 5) is 12.4. The monoisotopic (exact) mass is 304 g/mol. The highest BCUT2D eigenvalue weighted by atomic mass is 35.5. The van der Waals surface area contributed by atoms with E-state index >= 15 is 0 Å². The second kappa shape index (κ2) is 5.57. The van der Waals surface area contributed by atoms with Crippen molar-refractivity contribution >= 4 is 22.8 Å². The highest BCUT2D eigenvalue weighted by Gasteiger charge is 2.13. The first kappa shape index (κ1) is 13.6. The van der Waals surface area contributed by atoms with Crippen LogP contribution in [0.4, 0.5) is 0 Å². The highest BCUT2D eigenvalue weighted by molar-refractivity contribution is 6.28. The number of nitrogens with zero attached hydrogens (tertiary/aromatic N) is 4. The number of halogens is 1. The molecule has 0 N–H and O–H groups in total. The maximum atomic E-state index is 5.84. The number of ether oxygens (including phenoxy) is 2. The van der Waals surface area contributed by atoms with Crippen molar-refractivity contribution in [2.24, 2.45) is 0 Å². The molecule has 0 spiro atoms. The molecule has 2 heterocycles. The Labute approximate surface area is 126 Å². The van der Waals surface area contributed by atoms with E-state index in [1.165, 1.54) is 0 Å². The highest BCUT2D eigenvalue weighted by Crippen LogP contribution is 2.24. The van der Waals surface area contributed by atoms with Gasteiger partial charge in [-0.1, -0.05) is 12.1 Å². The van der Waals surface area contributed by atoms with E-state index in [1.54, 1.807) is 20.5 Å². The third-order valence-electron chi connectivity index (χ3n) is 3.12. The van der Waals surface area contributed by atoms with Crippen LogP contribution in [0, 0.1) is 0 Å². The van der Waals surface area contributed by atoms with Gasteiger partial charge in [0.2, 0.25) is 11.2 Å². The summed E-state index contributed by atoms with van der Waals surface area (Å²) in [5.41, 5.74) is 2.34. The zero-order valence-corrected chi connectivity index (χ0v) is 12.3.